The van der Waals surface area contributed by atoms with Gasteiger partial charge in [0.15, 0.2) is 0 Å². The quantitative estimate of drug-likeness (QED) is 0.495. The molecule has 2 aromatic carbocycles. The average molecular weight is 483 g/mol. The van der Waals surface area contributed by atoms with Gasteiger partial charge in [-0.3, -0.25) is 4.79 Å². The lowest BCUT2D eigenvalue weighted by molar-refractivity contribution is -0.136. The van der Waals surface area contributed by atoms with Gasteiger partial charge in [0.25, 0.3) is 0 Å². The first-order chi connectivity index (χ1) is 15.5. The fourth-order valence-electron chi connectivity index (χ4n) is 4.89. The highest BCUT2D eigenvalue weighted by atomic mass is 32.1. The Balaban J connectivity index is 0.000000492. The first kappa shape index (κ1) is 26.2. The van der Waals surface area contributed by atoms with E-state index in [2.05, 4.69) is 60.7 Å². The second kappa shape index (κ2) is 9.67. The molecule has 1 fully saturated rings. The smallest absolute Gasteiger partial charge is 0.307 e. The third kappa shape index (κ3) is 5.28. The Bertz CT molecular complexity index is 1200. The van der Waals surface area contributed by atoms with Gasteiger partial charge in [-0.25, -0.2) is 0 Å². The Labute approximate surface area is 209 Å². The lowest BCUT2D eigenvalue weighted by Crippen LogP contribution is -2.29. The number of benzene rings is 2. The number of aromatic nitrogens is 1. The molecule has 0 bridgehead atoms. The lowest BCUT2D eigenvalue weighted by atomic mass is 9.88. The summed E-state index contributed by atoms with van der Waals surface area (Å²) in [6, 6.07) is 10.9. The van der Waals surface area contributed by atoms with Crippen LogP contribution in [0.5, 0.6) is 0 Å². The molecule has 0 unspecified atom stereocenters. The summed E-state index contributed by atoms with van der Waals surface area (Å²) in [7, 11) is 2.13. The number of rotatable bonds is 4. The summed E-state index contributed by atoms with van der Waals surface area (Å²) >= 11 is 0. The van der Waals surface area contributed by atoms with Crippen LogP contribution in [0.3, 0.4) is 0 Å². The number of hydrogen-bond acceptors (Lipinski definition) is 3. The predicted octanol–water partition coefficient (Wildman–Crippen LogP) is 5.77. The Morgan fingerprint density at radius 2 is 1.68 bits per heavy atom. The van der Waals surface area contributed by atoms with E-state index in [4.69, 9.17) is 5.11 Å². The van der Waals surface area contributed by atoms with Gasteiger partial charge in [-0.05, 0) is 81.7 Å². The van der Waals surface area contributed by atoms with Crippen molar-refractivity contribution in [2.75, 3.05) is 18.5 Å². The molecule has 184 valence electrons. The molecule has 1 saturated carbocycles. The predicted molar refractivity (Wildman–Crippen MR) is 146 cm³/mol. The molecular formula is C28H38N2O3S. The van der Waals surface area contributed by atoms with Crippen LogP contribution in [-0.4, -0.2) is 39.9 Å². The van der Waals surface area contributed by atoms with E-state index in [-0.39, 0.29) is 19.9 Å². The maximum Gasteiger partial charge on any atom is 0.307 e. The van der Waals surface area contributed by atoms with Gasteiger partial charge in [-0.1, -0.05) is 29.8 Å². The molecule has 34 heavy (non-hydrogen) atoms. The van der Waals surface area contributed by atoms with E-state index in [1.54, 1.807) is 20.8 Å². The van der Waals surface area contributed by atoms with Gasteiger partial charge < -0.3 is 19.7 Å². The van der Waals surface area contributed by atoms with Crippen LogP contribution in [0.15, 0.2) is 30.3 Å². The zero-order valence-electron chi connectivity index (χ0n) is 21.2. The summed E-state index contributed by atoms with van der Waals surface area (Å²) in [5.41, 5.74) is 8.92. The molecular weight excluding hydrogens is 444 g/mol. The van der Waals surface area contributed by atoms with Crippen molar-refractivity contribution in [1.82, 2.24) is 4.57 Å². The number of carboxylic acid groups (broad SMARTS) is 1. The summed E-state index contributed by atoms with van der Waals surface area (Å²) in [6.07, 6.45) is 2.58. The molecule has 6 heteroatoms. The summed E-state index contributed by atoms with van der Waals surface area (Å²) in [5.74, 6) is -0.110. The molecule has 0 saturated heterocycles. The van der Waals surface area contributed by atoms with Crippen molar-refractivity contribution in [3.8, 4) is 11.1 Å². The molecule has 1 aromatic heterocycles. The fourth-order valence-corrected chi connectivity index (χ4v) is 4.89. The van der Waals surface area contributed by atoms with E-state index in [9.17, 15) is 9.90 Å². The van der Waals surface area contributed by atoms with E-state index in [1.165, 1.54) is 40.7 Å². The summed E-state index contributed by atoms with van der Waals surface area (Å²) in [4.78, 5) is 14.1. The topological polar surface area (TPSA) is 65.7 Å². The number of carboxylic acids is 1. The summed E-state index contributed by atoms with van der Waals surface area (Å²) in [6.45, 7) is 11.4. The number of aryl methyl sites for hydroxylation is 1. The summed E-state index contributed by atoms with van der Waals surface area (Å²) < 4.78 is 2.51. The molecule has 1 aliphatic heterocycles. The molecule has 0 atom stereocenters. The van der Waals surface area contributed by atoms with Gasteiger partial charge >= 0.3 is 5.97 Å². The van der Waals surface area contributed by atoms with Gasteiger partial charge in [-0.15, -0.1) is 0 Å². The fraction of sp³-hybridized carbons (Fsp3) is 0.464. The van der Waals surface area contributed by atoms with Gasteiger partial charge in [0.1, 0.15) is 0 Å². The van der Waals surface area contributed by atoms with Gasteiger partial charge in [0.2, 0.25) is 0 Å². The molecule has 5 rings (SSSR count). The van der Waals surface area contributed by atoms with Crippen LogP contribution >= 0.6 is 13.5 Å². The monoisotopic (exact) mass is 482 g/mol. The zero-order valence-corrected chi connectivity index (χ0v) is 22.2. The lowest BCUT2D eigenvalue weighted by Gasteiger charge is -2.31. The normalized spacial score (nSPS) is 15.0. The van der Waals surface area contributed by atoms with Crippen LogP contribution in [0, 0.1) is 13.8 Å². The SMILES string of the molecule is CC(C)(C)O.Cc1ccc(-c2c(CC(=O)O)c(C)c3c4c2cc(C2CC2)n4CCN3C)cc1.S. The first-order valence-electron chi connectivity index (χ1n) is 11.9. The largest absolute Gasteiger partial charge is 0.481 e. The number of aliphatic carboxylic acids is 1. The number of hydrogen-bond donors (Lipinski definition) is 2. The molecule has 2 heterocycles. The standard InChI is InChI=1S/C24H26N2O2.C4H10O.H2S/c1-14-4-6-17(7-5-14)22-18(13-21(27)28)15(2)23-24-19(22)12-20(16-8-9-16)26(24)11-10-25(23)3;1-4(2,3)5;/h4-7,12,16H,8-11,13H2,1-3H3,(H,27,28);5H,1-3H3;1H2. The molecule has 2 aliphatic rings. The van der Waals surface area contributed by atoms with E-state index < -0.39 is 11.6 Å². The highest BCUT2D eigenvalue weighted by molar-refractivity contribution is 7.59. The van der Waals surface area contributed by atoms with Gasteiger partial charge in [0.05, 0.1) is 23.2 Å². The van der Waals surface area contributed by atoms with E-state index in [0.717, 1.165) is 35.3 Å². The van der Waals surface area contributed by atoms with E-state index in [0.29, 0.717) is 5.92 Å². The second-order valence-corrected chi connectivity index (χ2v) is 10.6. The number of nitrogens with zero attached hydrogens (tertiary/aromatic N) is 2. The van der Waals surface area contributed by atoms with Crippen LogP contribution in [-0.2, 0) is 17.8 Å². The molecule has 5 nitrogen and oxygen atoms in total. The first-order valence-corrected chi connectivity index (χ1v) is 11.9. The third-order valence-electron chi connectivity index (χ3n) is 6.44. The third-order valence-corrected chi connectivity index (χ3v) is 6.44. The van der Waals surface area contributed by atoms with E-state index >= 15 is 0 Å². The molecule has 0 spiro atoms. The van der Waals surface area contributed by atoms with Crippen molar-refractivity contribution in [2.45, 2.75) is 71.9 Å². The Morgan fingerprint density at radius 1 is 1.09 bits per heavy atom. The highest BCUT2D eigenvalue weighted by Crippen LogP contribution is 2.49. The number of aliphatic hydroxyl groups is 1. The minimum atomic E-state index is -0.775. The van der Waals surface area contributed by atoms with Crippen molar-refractivity contribution >= 4 is 36.1 Å². The van der Waals surface area contributed by atoms with Crippen molar-refractivity contribution in [2.24, 2.45) is 0 Å². The van der Waals surface area contributed by atoms with Crippen molar-refractivity contribution in [1.29, 1.82) is 0 Å². The second-order valence-electron chi connectivity index (χ2n) is 10.6. The minimum Gasteiger partial charge on any atom is -0.481 e. The Kier molecular flexibility index (Phi) is 7.44. The Hall–Kier alpha value is -2.44. The number of carbonyl (C=O) groups is 1. The zero-order chi connectivity index (χ0) is 24.1. The molecule has 1 aliphatic carbocycles. The van der Waals surface area contributed by atoms with Crippen molar-refractivity contribution in [3.05, 3.63) is 52.7 Å². The maximum atomic E-state index is 11.8. The van der Waals surface area contributed by atoms with Crippen LogP contribution in [0.25, 0.3) is 22.0 Å². The van der Waals surface area contributed by atoms with Crippen LogP contribution < -0.4 is 4.90 Å². The number of likely N-dealkylation sites (N-methyl/N-ethyl adjacent to an activating group) is 1. The van der Waals surface area contributed by atoms with Crippen LogP contribution in [0.4, 0.5) is 5.69 Å². The van der Waals surface area contributed by atoms with Crippen LogP contribution in [0.2, 0.25) is 0 Å². The van der Waals surface area contributed by atoms with Crippen LogP contribution in [0.1, 0.15) is 61.9 Å². The van der Waals surface area contributed by atoms with Gasteiger partial charge in [0, 0.05) is 31.2 Å². The minimum absolute atomic E-state index is 0. The molecule has 3 aromatic rings. The van der Waals surface area contributed by atoms with Crippen molar-refractivity contribution in [3.63, 3.8) is 0 Å². The molecule has 0 amide bonds. The molecule has 0 radical (unpaired) electrons. The summed E-state index contributed by atoms with van der Waals surface area (Å²) in [5, 5.41) is 19.4. The molecule has 2 N–H and O–H groups in total. The van der Waals surface area contributed by atoms with E-state index in [1.807, 2.05) is 0 Å². The van der Waals surface area contributed by atoms with Crippen molar-refractivity contribution < 1.29 is 15.0 Å². The van der Waals surface area contributed by atoms with Gasteiger partial charge in [-0.2, -0.15) is 13.5 Å². The Morgan fingerprint density at radius 3 is 2.21 bits per heavy atom. The highest BCUT2D eigenvalue weighted by Gasteiger charge is 2.33. The maximum absolute atomic E-state index is 11.8. The number of anilines is 1. The average Bonchev–Trinajstić information content (AvgIpc) is 3.48.